The molecule has 2 N–H and O–H groups in total. The zero-order valence-corrected chi connectivity index (χ0v) is 16.1. The lowest BCUT2D eigenvalue weighted by molar-refractivity contribution is -0.152. The first kappa shape index (κ1) is 18.1. The second-order valence-electron chi connectivity index (χ2n) is 7.44. The van der Waals surface area contributed by atoms with Crippen LogP contribution >= 0.6 is 15.9 Å². The maximum atomic E-state index is 12.9. The van der Waals surface area contributed by atoms with Crippen LogP contribution in [0.3, 0.4) is 0 Å². The Morgan fingerprint density at radius 1 is 1.28 bits per heavy atom. The summed E-state index contributed by atoms with van der Waals surface area (Å²) in [5.41, 5.74) is 7.42. The zero-order chi connectivity index (χ0) is 18.4. The highest BCUT2D eigenvalue weighted by atomic mass is 79.9. The van der Waals surface area contributed by atoms with Crippen LogP contribution in [0.2, 0.25) is 0 Å². The molecule has 6 heteroatoms. The molecule has 0 aromatic heterocycles. The number of rotatable bonds is 2. The highest BCUT2D eigenvalue weighted by Crippen LogP contribution is 2.48. The van der Waals surface area contributed by atoms with E-state index >= 15 is 0 Å². The lowest BCUT2D eigenvalue weighted by Gasteiger charge is -2.42. The fourth-order valence-electron chi connectivity index (χ4n) is 3.79. The van der Waals surface area contributed by atoms with Crippen LogP contribution in [0.1, 0.15) is 38.2 Å². The summed E-state index contributed by atoms with van der Waals surface area (Å²) in [6, 6.07) is 7.59. The molecule has 0 fully saturated rings. The first-order valence-corrected chi connectivity index (χ1v) is 9.04. The van der Waals surface area contributed by atoms with Crippen molar-refractivity contribution in [2.45, 2.75) is 38.8 Å². The van der Waals surface area contributed by atoms with Gasteiger partial charge in [-0.1, -0.05) is 41.9 Å². The van der Waals surface area contributed by atoms with E-state index in [0.717, 1.165) is 10.0 Å². The second-order valence-corrected chi connectivity index (χ2v) is 8.35. The molecule has 1 aliphatic carbocycles. The third-order valence-corrected chi connectivity index (χ3v) is 5.41. The maximum absolute atomic E-state index is 12.9. The van der Waals surface area contributed by atoms with E-state index in [9.17, 15) is 9.59 Å². The summed E-state index contributed by atoms with van der Waals surface area (Å²) in [6.45, 7) is 4.06. The number of nitrogens with two attached hydrogens (primary N) is 1. The van der Waals surface area contributed by atoms with Crippen molar-refractivity contribution in [3.8, 4) is 0 Å². The molecule has 1 aromatic rings. The number of hydrogen-bond donors (Lipinski definition) is 1. The Morgan fingerprint density at radius 2 is 1.92 bits per heavy atom. The third-order valence-electron chi connectivity index (χ3n) is 4.88. The molecule has 0 bridgehead atoms. The van der Waals surface area contributed by atoms with E-state index in [1.54, 1.807) is 0 Å². The molecular weight excluding hydrogens is 386 g/mol. The monoisotopic (exact) mass is 407 g/mol. The number of methoxy groups -OCH3 is 1. The quantitative estimate of drug-likeness (QED) is 0.760. The molecule has 25 heavy (non-hydrogen) atoms. The van der Waals surface area contributed by atoms with E-state index in [-0.39, 0.29) is 11.2 Å². The molecule has 0 amide bonds. The molecule has 5 nitrogen and oxygen atoms in total. The van der Waals surface area contributed by atoms with Gasteiger partial charge in [0.1, 0.15) is 11.7 Å². The van der Waals surface area contributed by atoms with Gasteiger partial charge < -0.3 is 9.47 Å². The third kappa shape index (κ3) is 3.37. The van der Waals surface area contributed by atoms with Crippen LogP contribution < -0.4 is 5.73 Å². The Balaban J connectivity index is 2.16. The summed E-state index contributed by atoms with van der Waals surface area (Å²) in [4.78, 5) is 25.3. The van der Waals surface area contributed by atoms with Crippen molar-refractivity contribution in [2.75, 3.05) is 7.11 Å². The lowest BCUT2D eigenvalue weighted by atomic mass is 9.68. The van der Waals surface area contributed by atoms with E-state index in [0.29, 0.717) is 24.2 Å². The fraction of sp³-hybridized carbons (Fsp3) is 0.474. The zero-order valence-electron chi connectivity index (χ0n) is 14.5. The summed E-state index contributed by atoms with van der Waals surface area (Å²) in [6.07, 6.45) is 0.204. The lowest BCUT2D eigenvalue weighted by Crippen LogP contribution is -2.48. The summed E-state index contributed by atoms with van der Waals surface area (Å²) < 4.78 is 11.7. The van der Waals surface area contributed by atoms with Crippen molar-refractivity contribution in [3.63, 3.8) is 0 Å². The minimum atomic E-state index is -0.846. The van der Waals surface area contributed by atoms with Gasteiger partial charge in [0.25, 0.3) is 0 Å². The van der Waals surface area contributed by atoms with Gasteiger partial charge in [0.05, 0.1) is 7.11 Å². The van der Waals surface area contributed by atoms with Crippen LogP contribution in [0.4, 0.5) is 0 Å². The summed E-state index contributed by atoms with van der Waals surface area (Å²) in [5, 5.41) is 0. The topological polar surface area (TPSA) is 78.6 Å². The van der Waals surface area contributed by atoms with Crippen LogP contribution in [-0.4, -0.2) is 25.1 Å². The number of benzene rings is 1. The molecule has 0 saturated heterocycles. The molecule has 1 aromatic carbocycles. The molecule has 0 spiro atoms. The number of carbonyl (C=O) groups is 2. The van der Waals surface area contributed by atoms with Crippen molar-refractivity contribution in [1.82, 2.24) is 0 Å². The van der Waals surface area contributed by atoms with Crippen molar-refractivity contribution in [2.24, 2.45) is 17.1 Å². The number of esters is 1. The predicted molar refractivity (Wildman–Crippen MR) is 96.5 cm³/mol. The van der Waals surface area contributed by atoms with Gasteiger partial charge in [-0.3, -0.25) is 15.3 Å². The van der Waals surface area contributed by atoms with Crippen LogP contribution in [0.5, 0.6) is 0 Å². The molecular formula is C19H22BrNO4. The van der Waals surface area contributed by atoms with Gasteiger partial charge in [-0.15, -0.1) is 0 Å². The smallest absolute Gasteiger partial charge is 0.314 e. The largest absolute Gasteiger partial charge is 0.478 e. The standard InChI is InChI=1S/C19H22BrNO4/c1-19(2)8-12(22)15-13(9-19)25-17(21)16(18(23)24-3)14(15)10-4-6-11(20)7-5-10/h4-7,14,16-17H,8-9,21H2,1-3H3. The predicted octanol–water partition coefficient (Wildman–Crippen LogP) is 3.28. The van der Waals surface area contributed by atoms with Gasteiger partial charge in [-0.05, 0) is 23.1 Å². The number of ketones is 1. The minimum absolute atomic E-state index is 0.0139. The molecule has 3 rings (SSSR count). The Kier molecular flexibility index (Phi) is 4.77. The Bertz CT molecular complexity index is 738. The first-order valence-electron chi connectivity index (χ1n) is 8.25. The molecule has 2 aliphatic rings. The maximum Gasteiger partial charge on any atom is 0.314 e. The number of halogens is 1. The van der Waals surface area contributed by atoms with Gasteiger partial charge in [0.15, 0.2) is 12.0 Å². The number of hydrogen-bond acceptors (Lipinski definition) is 5. The SMILES string of the molecule is COC(=O)C1C(N)OC2=C(C(=O)CC(C)(C)C2)C1c1ccc(Br)cc1. The first-order chi connectivity index (χ1) is 11.7. The second kappa shape index (κ2) is 6.57. The number of ether oxygens (including phenoxy) is 2. The number of allylic oxidation sites excluding steroid dienone is 2. The van der Waals surface area contributed by atoms with Gasteiger partial charge in [-0.2, -0.15) is 0 Å². The molecule has 134 valence electrons. The highest BCUT2D eigenvalue weighted by Gasteiger charge is 2.49. The van der Waals surface area contributed by atoms with E-state index in [1.807, 2.05) is 38.1 Å². The van der Waals surface area contributed by atoms with Crippen LogP contribution in [0.25, 0.3) is 0 Å². The van der Waals surface area contributed by atoms with Gasteiger partial charge in [0.2, 0.25) is 0 Å². The fourth-order valence-corrected chi connectivity index (χ4v) is 4.05. The molecule has 1 aliphatic heterocycles. The van der Waals surface area contributed by atoms with Crippen molar-refractivity contribution >= 4 is 27.7 Å². The Hall–Kier alpha value is -1.66. The van der Waals surface area contributed by atoms with E-state index in [2.05, 4.69) is 15.9 Å². The van der Waals surface area contributed by atoms with E-state index in [1.165, 1.54) is 7.11 Å². The summed E-state index contributed by atoms with van der Waals surface area (Å²) >= 11 is 3.41. The summed E-state index contributed by atoms with van der Waals surface area (Å²) in [5.74, 6) is -1.05. The minimum Gasteiger partial charge on any atom is -0.478 e. The number of Topliss-reactive ketones (excluding diaryl/α,β-unsaturated/α-hetero) is 1. The van der Waals surface area contributed by atoms with Crippen molar-refractivity contribution < 1.29 is 19.1 Å². The highest BCUT2D eigenvalue weighted by molar-refractivity contribution is 9.10. The average molecular weight is 408 g/mol. The molecule has 3 unspecified atom stereocenters. The molecule has 0 saturated carbocycles. The Labute approximate surface area is 155 Å². The molecule has 0 radical (unpaired) electrons. The summed E-state index contributed by atoms with van der Waals surface area (Å²) in [7, 11) is 1.32. The Morgan fingerprint density at radius 3 is 2.52 bits per heavy atom. The van der Waals surface area contributed by atoms with Crippen molar-refractivity contribution in [1.29, 1.82) is 0 Å². The van der Waals surface area contributed by atoms with Crippen molar-refractivity contribution in [3.05, 3.63) is 45.6 Å². The van der Waals surface area contributed by atoms with E-state index in [4.69, 9.17) is 15.2 Å². The van der Waals surface area contributed by atoms with E-state index < -0.39 is 24.0 Å². The normalized spacial score (nSPS) is 28.2. The number of carbonyl (C=O) groups excluding carboxylic acids is 2. The molecule has 3 atom stereocenters. The van der Waals surface area contributed by atoms with Crippen LogP contribution in [0, 0.1) is 11.3 Å². The average Bonchev–Trinajstić information content (AvgIpc) is 2.52. The van der Waals surface area contributed by atoms with Crippen LogP contribution in [-0.2, 0) is 19.1 Å². The molecule has 1 heterocycles. The van der Waals surface area contributed by atoms with Crippen LogP contribution in [0.15, 0.2) is 40.1 Å². The van der Waals surface area contributed by atoms with Gasteiger partial charge in [0, 0.05) is 28.8 Å². The van der Waals surface area contributed by atoms with Gasteiger partial charge in [-0.25, -0.2) is 0 Å². The van der Waals surface area contributed by atoms with Gasteiger partial charge >= 0.3 is 5.97 Å².